The Labute approximate surface area is 98.8 Å². The summed E-state index contributed by atoms with van der Waals surface area (Å²) < 4.78 is 40.2. The number of hydrogen-bond acceptors (Lipinski definition) is 2. The van der Waals surface area contributed by atoms with Gasteiger partial charge in [0.15, 0.2) is 0 Å². The lowest BCUT2D eigenvalue weighted by atomic mass is 10.2. The van der Waals surface area contributed by atoms with E-state index in [0.29, 0.717) is 6.54 Å². The van der Waals surface area contributed by atoms with Crippen molar-refractivity contribution in [1.82, 2.24) is 0 Å². The molecular formula is C12H16F3NO. The predicted molar refractivity (Wildman–Crippen MR) is 61.2 cm³/mol. The first kappa shape index (κ1) is 13.8. The van der Waals surface area contributed by atoms with E-state index in [9.17, 15) is 13.2 Å². The predicted octanol–water partition coefficient (Wildman–Crippen LogP) is 3.38. The van der Waals surface area contributed by atoms with Crippen LogP contribution in [0, 0.1) is 6.92 Å². The average Bonchev–Trinajstić information content (AvgIpc) is 2.24. The summed E-state index contributed by atoms with van der Waals surface area (Å²) in [4.78, 5) is 0. The van der Waals surface area contributed by atoms with Gasteiger partial charge < -0.3 is 10.1 Å². The SMILES string of the molecule is Cc1ccccc1NCCOCCC(F)(F)F. The minimum atomic E-state index is -4.14. The highest BCUT2D eigenvalue weighted by molar-refractivity contribution is 5.50. The first-order chi connectivity index (χ1) is 7.99. The summed E-state index contributed by atoms with van der Waals surface area (Å²) in [7, 11) is 0. The Morgan fingerprint density at radius 1 is 1.18 bits per heavy atom. The highest BCUT2D eigenvalue weighted by Crippen LogP contribution is 2.18. The number of halogens is 3. The second-order valence-corrected chi connectivity index (χ2v) is 3.72. The summed E-state index contributed by atoms with van der Waals surface area (Å²) in [6.07, 6.45) is -5.03. The fourth-order valence-corrected chi connectivity index (χ4v) is 1.32. The fourth-order valence-electron chi connectivity index (χ4n) is 1.32. The number of alkyl halides is 3. The van der Waals surface area contributed by atoms with Gasteiger partial charge in [-0.3, -0.25) is 0 Å². The van der Waals surface area contributed by atoms with Gasteiger partial charge in [0.25, 0.3) is 0 Å². The third-order valence-corrected chi connectivity index (χ3v) is 2.24. The molecule has 5 heteroatoms. The summed E-state index contributed by atoms with van der Waals surface area (Å²) in [5, 5.41) is 3.10. The van der Waals surface area contributed by atoms with E-state index >= 15 is 0 Å². The van der Waals surface area contributed by atoms with Gasteiger partial charge >= 0.3 is 6.18 Å². The normalized spacial score (nSPS) is 11.5. The molecule has 0 saturated heterocycles. The summed E-state index contributed by atoms with van der Waals surface area (Å²) in [5.74, 6) is 0. The summed E-state index contributed by atoms with van der Waals surface area (Å²) >= 11 is 0. The number of rotatable bonds is 6. The molecule has 2 nitrogen and oxygen atoms in total. The molecule has 1 aromatic rings. The molecule has 0 amide bonds. The molecule has 0 heterocycles. The van der Waals surface area contributed by atoms with Gasteiger partial charge in [0.2, 0.25) is 0 Å². The van der Waals surface area contributed by atoms with Crippen LogP contribution in [0.1, 0.15) is 12.0 Å². The number of aryl methyl sites for hydroxylation is 1. The molecule has 0 aliphatic carbocycles. The average molecular weight is 247 g/mol. The third-order valence-electron chi connectivity index (χ3n) is 2.24. The Hall–Kier alpha value is -1.23. The van der Waals surface area contributed by atoms with Gasteiger partial charge in [-0.25, -0.2) is 0 Å². The van der Waals surface area contributed by atoms with Crippen molar-refractivity contribution in [2.75, 3.05) is 25.1 Å². The third kappa shape index (κ3) is 6.16. The number of ether oxygens (including phenoxy) is 1. The van der Waals surface area contributed by atoms with E-state index in [1.54, 1.807) is 0 Å². The quantitative estimate of drug-likeness (QED) is 0.778. The molecule has 0 fully saturated rings. The lowest BCUT2D eigenvalue weighted by Crippen LogP contribution is -2.15. The van der Waals surface area contributed by atoms with E-state index < -0.39 is 12.6 Å². The Bertz CT molecular complexity index is 339. The van der Waals surface area contributed by atoms with E-state index in [0.717, 1.165) is 11.3 Å². The molecule has 0 unspecified atom stereocenters. The Balaban J connectivity index is 2.11. The van der Waals surface area contributed by atoms with E-state index in [1.165, 1.54) is 0 Å². The number of nitrogens with one attached hydrogen (secondary N) is 1. The zero-order valence-electron chi connectivity index (χ0n) is 9.68. The zero-order chi connectivity index (χ0) is 12.7. The Morgan fingerprint density at radius 2 is 1.88 bits per heavy atom. The van der Waals surface area contributed by atoms with E-state index in [4.69, 9.17) is 4.74 Å². The summed E-state index contributed by atoms with van der Waals surface area (Å²) in [5.41, 5.74) is 2.08. The molecule has 96 valence electrons. The minimum Gasteiger partial charge on any atom is -0.383 e. The highest BCUT2D eigenvalue weighted by Gasteiger charge is 2.26. The number of hydrogen-bond donors (Lipinski definition) is 1. The molecular weight excluding hydrogens is 231 g/mol. The van der Waals surface area contributed by atoms with Crippen LogP contribution in [0.3, 0.4) is 0 Å². The maximum atomic E-state index is 11.8. The van der Waals surface area contributed by atoms with Crippen molar-refractivity contribution < 1.29 is 17.9 Å². The maximum absolute atomic E-state index is 11.8. The molecule has 1 rings (SSSR count). The van der Waals surface area contributed by atoms with Crippen molar-refractivity contribution >= 4 is 5.69 Å². The molecule has 0 radical (unpaired) electrons. The van der Waals surface area contributed by atoms with E-state index in [-0.39, 0.29) is 13.2 Å². The molecule has 1 N–H and O–H groups in total. The van der Waals surface area contributed by atoms with Crippen molar-refractivity contribution in [3.63, 3.8) is 0 Å². The monoisotopic (exact) mass is 247 g/mol. The first-order valence-electron chi connectivity index (χ1n) is 5.43. The zero-order valence-corrected chi connectivity index (χ0v) is 9.68. The topological polar surface area (TPSA) is 21.3 Å². The van der Waals surface area contributed by atoms with Gasteiger partial charge in [0, 0.05) is 12.2 Å². The van der Waals surface area contributed by atoms with Gasteiger partial charge in [0.1, 0.15) is 0 Å². The van der Waals surface area contributed by atoms with Crippen LogP contribution in [0.25, 0.3) is 0 Å². The van der Waals surface area contributed by atoms with Gasteiger partial charge in [-0.2, -0.15) is 13.2 Å². The molecule has 0 spiro atoms. The lowest BCUT2D eigenvalue weighted by Gasteiger charge is -2.10. The molecule has 17 heavy (non-hydrogen) atoms. The Kier molecular flexibility index (Phi) is 5.28. The molecule has 1 aromatic carbocycles. The smallest absolute Gasteiger partial charge is 0.383 e. The van der Waals surface area contributed by atoms with Crippen molar-refractivity contribution in [3.8, 4) is 0 Å². The maximum Gasteiger partial charge on any atom is 0.391 e. The lowest BCUT2D eigenvalue weighted by molar-refractivity contribution is -0.144. The summed E-state index contributed by atoms with van der Waals surface area (Å²) in [6, 6.07) is 7.72. The van der Waals surface area contributed by atoms with Crippen molar-refractivity contribution in [2.24, 2.45) is 0 Å². The number of anilines is 1. The molecule has 0 bridgehead atoms. The standard InChI is InChI=1S/C12H16F3NO/c1-10-4-2-3-5-11(10)16-7-9-17-8-6-12(13,14)15/h2-5,16H,6-9H2,1H3. The molecule has 0 atom stereocenters. The minimum absolute atomic E-state index is 0.268. The van der Waals surface area contributed by atoms with Crippen molar-refractivity contribution in [1.29, 1.82) is 0 Å². The fraction of sp³-hybridized carbons (Fsp3) is 0.500. The van der Waals surface area contributed by atoms with Gasteiger partial charge in [-0.15, -0.1) is 0 Å². The second kappa shape index (κ2) is 6.49. The molecule has 0 aromatic heterocycles. The second-order valence-electron chi connectivity index (χ2n) is 3.72. The van der Waals surface area contributed by atoms with Crippen molar-refractivity contribution in [3.05, 3.63) is 29.8 Å². The van der Waals surface area contributed by atoms with E-state index in [2.05, 4.69) is 5.32 Å². The van der Waals surface area contributed by atoms with Crippen LogP contribution in [0.15, 0.2) is 24.3 Å². The molecule has 0 saturated carbocycles. The van der Waals surface area contributed by atoms with Crippen LogP contribution in [0.5, 0.6) is 0 Å². The van der Waals surface area contributed by atoms with Gasteiger partial charge in [-0.1, -0.05) is 18.2 Å². The van der Waals surface area contributed by atoms with Crippen LogP contribution in [-0.2, 0) is 4.74 Å². The molecule has 0 aliphatic heterocycles. The van der Waals surface area contributed by atoms with Gasteiger partial charge in [-0.05, 0) is 18.6 Å². The van der Waals surface area contributed by atoms with Gasteiger partial charge in [0.05, 0.1) is 19.6 Å². The molecule has 0 aliphatic rings. The number of para-hydroxylation sites is 1. The van der Waals surface area contributed by atoms with E-state index in [1.807, 2.05) is 31.2 Å². The van der Waals surface area contributed by atoms with Crippen LogP contribution < -0.4 is 5.32 Å². The highest BCUT2D eigenvalue weighted by atomic mass is 19.4. The first-order valence-corrected chi connectivity index (χ1v) is 5.43. The van der Waals surface area contributed by atoms with Crippen LogP contribution >= 0.6 is 0 Å². The van der Waals surface area contributed by atoms with Crippen LogP contribution in [0.2, 0.25) is 0 Å². The Morgan fingerprint density at radius 3 is 2.53 bits per heavy atom. The van der Waals surface area contributed by atoms with Crippen LogP contribution in [0.4, 0.5) is 18.9 Å². The van der Waals surface area contributed by atoms with Crippen LogP contribution in [-0.4, -0.2) is 25.9 Å². The largest absolute Gasteiger partial charge is 0.391 e. The summed E-state index contributed by atoms with van der Waals surface area (Å²) in [6.45, 7) is 2.46. The van der Waals surface area contributed by atoms with Crippen molar-refractivity contribution in [2.45, 2.75) is 19.5 Å². The number of benzene rings is 1.